The van der Waals surface area contributed by atoms with E-state index in [-0.39, 0.29) is 12.1 Å². The van der Waals surface area contributed by atoms with E-state index in [1.807, 2.05) is 39.2 Å². The van der Waals surface area contributed by atoms with Crippen LogP contribution >= 0.6 is 0 Å². The maximum absolute atomic E-state index is 11.7. The normalized spacial score (nSPS) is 11.1. The molecule has 134 valence electrons. The molecule has 8 nitrogen and oxygen atoms in total. The van der Waals surface area contributed by atoms with Crippen molar-refractivity contribution < 1.29 is 29.3 Å². The van der Waals surface area contributed by atoms with Crippen LogP contribution < -0.4 is 4.74 Å². The predicted molar refractivity (Wildman–Crippen MR) is 88.1 cm³/mol. The Hall–Kier alpha value is -2.61. The van der Waals surface area contributed by atoms with Crippen molar-refractivity contribution in [3.63, 3.8) is 0 Å². The zero-order valence-electron chi connectivity index (χ0n) is 14.5. The minimum atomic E-state index is -1.82. The molecular formula is C16H24N2O6. The largest absolute Gasteiger partial charge is 0.473 e. The molecule has 1 aromatic rings. The monoisotopic (exact) mass is 340 g/mol. The lowest BCUT2D eigenvalue weighted by atomic mass is 10.1. The smallest absolute Gasteiger partial charge is 0.414 e. The standard InChI is InChI=1S/C14H22N2O2.C2H2O4/c1-6-16(5)14(17)18-13-9-7-8-12(10-13)11(2)15(3)4;3-1(4)2(5)6/h7-11H,6H2,1-5H3;(H,3,4)(H,5,6)/t11-;/m0./s1. The van der Waals surface area contributed by atoms with Gasteiger partial charge in [0.25, 0.3) is 0 Å². The molecule has 1 aromatic carbocycles. The highest BCUT2D eigenvalue weighted by Gasteiger charge is 2.12. The van der Waals surface area contributed by atoms with Gasteiger partial charge in [-0.05, 0) is 45.6 Å². The Kier molecular flexibility index (Phi) is 9.11. The number of carboxylic acids is 2. The molecule has 0 heterocycles. The average molecular weight is 340 g/mol. The van der Waals surface area contributed by atoms with Crippen LogP contribution in [0.25, 0.3) is 0 Å². The van der Waals surface area contributed by atoms with Crippen molar-refractivity contribution in [2.24, 2.45) is 0 Å². The van der Waals surface area contributed by atoms with Gasteiger partial charge in [0.15, 0.2) is 0 Å². The van der Waals surface area contributed by atoms with E-state index in [1.54, 1.807) is 13.1 Å². The minimum Gasteiger partial charge on any atom is -0.473 e. The second kappa shape index (κ2) is 10.2. The number of benzene rings is 1. The highest BCUT2D eigenvalue weighted by atomic mass is 16.6. The quantitative estimate of drug-likeness (QED) is 0.806. The number of hydrogen-bond donors (Lipinski definition) is 2. The highest BCUT2D eigenvalue weighted by molar-refractivity contribution is 6.27. The average Bonchev–Trinajstić information content (AvgIpc) is 2.53. The molecule has 0 aliphatic rings. The lowest BCUT2D eigenvalue weighted by molar-refractivity contribution is -0.159. The van der Waals surface area contributed by atoms with Gasteiger partial charge >= 0.3 is 18.0 Å². The number of carboxylic acid groups (broad SMARTS) is 2. The molecule has 0 aliphatic heterocycles. The van der Waals surface area contributed by atoms with Gasteiger partial charge in [-0.15, -0.1) is 0 Å². The molecule has 8 heteroatoms. The fourth-order valence-electron chi connectivity index (χ4n) is 1.44. The molecule has 24 heavy (non-hydrogen) atoms. The van der Waals surface area contributed by atoms with Gasteiger partial charge in [0.2, 0.25) is 0 Å². The van der Waals surface area contributed by atoms with Crippen LogP contribution in [-0.2, 0) is 9.59 Å². The Bertz CT molecular complexity index is 561. The molecule has 0 bridgehead atoms. The summed E-state index contributed by atoms with van der Waals surface area (Å²) < 4.78 is 5.31. The Morgan fingerprint density at radius 3 is 2.08 bits per heavy atom. The van der Waals surface area contributed by atoms with E-state index < -0.39 is 11.9 Å². The molecule has 0 fully saturated rings. The molecule has 0 aliphatic carbocycles. The van der Waals surface area contributed by atoms with E-state index in [0.717, 1.165) is 5.56 Å². The zero-order valence-corrected chi connectivity index (χ0v) is 14.5. The van der Waals surface area contributed by atoms with Gasteiger partial charge in [-0.3, -0.25) is 0 Å². The third kappa shape index (κ3) is 7.59. The summed E-state index contributed by atoms with van der Waals surface area (Å²) in [5.74, 6) is -3.06. The molecule has 0 spiro atoms. The van der Waals surface area contributed by atoms with Crippen molar-refractivity contribution in [2.75, 3.05) is 27.7 Å². The van der Waals surface area contributed by atoms with Crippen molar-refractivity contribution in [3.8, 4) is 5.75 Å². The summed E-state index contributed by atoms with van der Waals surface area (Å²) in [6, 6.07) is 7.93. The van der Waals surface area contributed by atoms with Gasteiger partial charge in [-0.2, -0.15) is 0 Å². The molecule has 2 N–H and O–H groups in total. The summed E-state index contributed by atoms with van der Waals surface area (Å²) in [4.78, 5) is 33.5. The van der Waals surface area contributed by atoms with Crippen LogP contribution in [0.15, 0.2) is 24.3 Å². The van der Waals surface area contributed by atoms with Crippen LogP contribution in [0.1, 0.15) is 25.5 Å². The van der Waals surface area contributed by atoms with Gasteiger partial charge in [0.05, 0.1) is 0 Å². The van der Waals surface area contributed by atoms with Crippen molar-refractivity contribution >= 4 is 18.0 Å². The Morgan fingerprint density at radius 2 is 1.67 bits per heavy atom. The van der Waals surface area contributed by atoms with Gasteiger partial charge in [-0.1, -0.05) is 12.1 Å². The van der Waals surface area contributed by atoms with E-state index in [1.165, 1.54) is 4.90 Å². The van der Waals surface area contributed by atoms with Crippen LogP contribution in [-0.4, -0.2) is 65.7 Å². The summed E-state index contributed by atoms with van der Waals surface area (Å²) >= 11 is 0. The lowest BCUT2D eigenvalue weighted by Crippen LogP contribution is -2.29. The highest BCUT2D eigenvalue weighted by Crippen LogP contribution is 2.22. The van der Waals surface area contributed by atoms with Gasteiger partial charge in [-0.25, -0.2) is 14.4 Å². The van der Waals surface area contributed by atoms with Crippen LogP contribution in [0.5, 0.6) is 5.75 Å². The second-order valence-corrected chi connectivity index (χ2v) is 5.20. The first kappa shape index (κ1) is 21.4. The number of amides is 1. The summed E-state index contributed by atoms with van der Waals surface area (Å²) in [7, 11) is 5.76. The molecule has 1 amide bonds. The first-order valence-electron chi connectivity index (χ1n) is 7.25. The van der Waals surface area contributed by atoms with Crippen molar-refractivity contribution in [1.82, 2.24) is 9.80 Å². The van der Waals surface area contributed by atoms with E-state index in [0.29, 0.717) is 12.3 Å². The van der Waals surface area contributed by atoms with Crippen LogP contribution in [0, 0.1) is 0 Å². The number of nitrogens with zero attached hydrogens (tertiary/aromatic N) is 2. The van der Waals surface area contributed by atoms with E-state index in [2.05, 4.69) is 11.8 Å². The number of carbonyl (C=O) groups excluding carboxylic acids is 1. The van der Waals surface area contributed by atoms with E-state index in [4.69, 9.17) is 24.5 Å². The van der Waals surface area contributed by atoms with Gasteiger partial charge < -0.3 is 24.7 Å². The third-order valence-electron chi connectivity index (χ3n) is 3.29. The minimum absolute atomic E-state index is 0.285. The fourth-order valence-corrected chi connectivity index (χ4v) is 1.44. The summed E-state index contributed by atoms with van der Waals surface area (Å²) in [5.41, 5.74) is 1.13. The number of hydrogen-bond acceptors (Lipinski definition) is 5. The number of aliphatic carboxylic acids is 2. The van der Waals surface area contributed by atoms with Crippen LogP contribution in [0.3, 0.4) is 0 Å². The molecule has 1 rings (SSSR count). The third-order valence-corrected chi connectivity index (χ3v) is 3.29. The molecule has 0 aromatic heterocycles. The second-order valence-electron chi connectivity index (χ2n) is 5.20. The first-order valence-corrected chi connectivity index (χ1v) is 7.25. The van der Waals surface area contributed by atoms with Crippen molar-refractivity contribution in [3.05, 3.63) is 29.8 Å². The van der Waals surface area contributed by atoms with Crippen LogP contribution in [0.2, 0.25) is 0 Å². The Labute approximate surface area is 141 Å². The summed E-state index contributed by atoms with van der Waals surface area (Å²) in [6.45, 7) is 4.65. The number of carbonyl (C=O) groups is 3. The number of ether oxygens (including phenoxy) is 1. The van der Waals surface area contributed by atoms with Gasteiger partial charge in [0.1, 0.15) is 5.75 Å². The number of rotatable bonds is 4. The maximum Gasteiger partial charge on any atom is 0.414 e. The summed E-state index contributed by atoms with van der Waals surface area (Å²) in [6.07, 6.45) is -0.327. The molecule has 0 radical (unpaired) electrons. The van der Waals surface area contributed by atoms with Gasteiger partial charge in [0, 0.05) is 19.6 Å². The Morgan fingerprint density at radius 1 is 1.12 bits per heavy atom. The molecule has 0 saturated heterocycles. The van der Waals surface area contributed by atoms with E-state index >= 15 is 0 Å². The van der Waals surface area contributed by atoms with Crippen LogP contribution in [0.4, 0.5) is 4.79 Å². The molecular weight excluding hydrogens is 316 g/mol. The fraction of sp³-hybridized carbons (Fsp3) is 0.438. The van der Waals surface area contributed by atoms with E-state index in [9.17, 15) is 4.79 Å². The maximum atomic E-state index is 11.7. The SMILES string of the molecule is CCN(C)C(=O)Oc1cccc([C@H](C)N(C)C)c1.O=C(O)C(=O)O. The first-order chi connectivity index (χ1) is 11.1. The summed E-state index contributed by atoms with van der Waals surface area (Å²) in [5, 5.41) is 14.8. The molecule has 0 unspecified atom stereocenters. The zero-order chi connectivity index (χ0) is 18.9. The molecule has 1 atom stereocenters. The topological polar surface area (TPSA) is 107 Å². The Balaban J connectivity index is 0.000000754. The predicted octanol–water partition coefficient (Wildman–Crippen LogP) is 1.92. The van der Waals surface area contributed by atoms with Crippen molar-refractivity contribution in [1.29, 1.82) is 0 Å². The van der Waals surface area contributed by atoms with Crippen molar-refractivity contribution in [2.45, 2.75) is 19.9 Å². The molecule has 0 saturated carbocycles. The lowest BCUT2D eigenvalue weighted by Gasteiger charge is -2.21.